The van der Waals surface area contributed by atoms with E-state index in [1.165, 1.54) is 6.07 Å². The molecular formula is C12H6F3N3S. The number of nitrogens with zero attached hydrogens (tertiary/aromatic N) is 3. The molecule has 3 aromatic heterocycles. The van der Waals surface area contributed by atoms with Crippen molar-refractivity contribution in [3.63, 3.8) is 0 Å². The quantitative estimate of drug-likeness (QED) is 0.681. The minimum Gasteiger partial charge on any atom is -0.264 e. The minimum absolute atomic E-state index is 0.272. The van der Waals surface area contributed by atoms with Crippen molar-refractivity contribution in [3.05, 3.63) is 42.4 Å². The number of fused-ring (bicyclic) bond motifs is 1. The molecule has 3 heterocycles. The molecule has 0 aliphatic rings. The van der Waals surface area contributed by atoms with E-state index in [0.29, 0.717) is 10.5 Å². The molecule has 0 N–H and O–H groups in total. The molecule has 0 fully saturated rings. The van der Waals surface area contributed by atoms with Crippen LogP contribution in [0.3, 0.4) is 0 Å². The lowest BCUT2D eigenvalue weighted by Crippen LogP contribution is -2.06. The van der Waals surface area contributed by atoms with Crippen molar-refractivity contribution in [2.24, 2.45) is 0 Å². The fourth-order valence-electron chi connectivity index (χ4n) is 1.59. The molecule has 0 amide bonds. The lowest BCUT2D eigenvalue weighted by molar-refractivity contribution is -0.140. The lowest BCUT2D eigenvalue weighted by Gasteiger charge is -2.03. The molecule has 0 aliphatic heterocycles. The highest BCUT2D eigenvalue weighted by Gasteiger charge is 2.32. The minimum atomic E-state index is -4.44. The highest BCUT2D eigenvalue weighted by molar-refractivity contribution is 7.21. The summed E-state index contributed by atoms with van der Waals surface area (Å²) in [6.45, 7) is 0. The second-order valence-electron chi connectivity index (χ2n) is 3.78. The van der Waals surface area contributed by atoms with Gasteiger partial charge in [0, 0.05) is 18.0 Å². The van der Waals surface area contributed by atoms with Gasteiger partial charge in [0.25, 0.3) is 0 Å². The number of halogens is 3. The maximum atomic E-state index is 12.6. The van der Waals surface area contributed by atoms with Crippen LogP contribution in [0.5, 0.6) is 0 Å². The van der Waals surface area contributed by atoms with Crippen LogP contribution >= 0.6 is 11.3 Å². The van der Waals surface area contributed by atoms with Crippen LogP contribution in [0.25, 0.3) is 20.9 Å². The zero-order valence-electron chi connectivity index (χ0n) is 9.35. The number of rotatable bonds is 1. The van der Waals surface area contributed by atoms with Crippen LogP contribution in [-0.2, 0) is 6.18 Å². The summed E-state index contributed by atoms with van der Waals surface area (Å²) in [6, 6.07) is 5.82. The van der Waals surface area contributed by atoms with E-state index < -0.39 is 11.9 Å². The van der Waals surface area contributed by atoms with Gasteiger partial charge in [0.15, 0.2) is 0 Å². The van der Waals surface area contributed by atoms with Gasteiger partial charge in [-0.3, -0.25) is 4.98 Å². The van der Waals surface area contributed by atoms with Crippen LogP contribution in [0.15, 0.2) is 36.7 Å². The fraction of sp³-hybridized carbons (Fsp3) is 0.0833. The van der Waals surface area contributed by atoms with Gasteiger partial charge in [-0.15, -0.1) is 0 Å². The first kappa shape index (κ1) is 12.0. The van der Waals surface area contributed by atoms with Crippen LogP contribution < -0.4 is 0 Å². The van der Waals surface area contributed by atoms with Gasteiger partial charge < -0.3 is 0 Å². The van der Waals surface area contributed by atoms with E-state index in [9.17, 15) is 13.2 Å². The molecule has 0 aliphatic carbocycles. The molecule has 0 bridgehead atoms. The van der Waals surface area contributed by atoms with Gasteiger partial charge in [-0.2, -0.15) is 13.2 Å². The molecule has 3 aromatic rings. The molecule has 0 spiro atoms. The summed E-state index contributed by atoms with van der Waals surface area (Å²) in [7, 11) is 0. The SMILES string of the molecule is FC(F)(F)c1ccc2nc(-c3cccnc3)sc2n1. The van der Waals surface area contributed by atoms with Crippen LogP contribution in [-0.4, -0.2) is 15.0 Å². The first-order chi connectivity index (χ1) is 9.04. The van der Waals surface area contributed by atoms with E-state index in [-0.39, 0.29) is 4.83 Å². The number of hydrogen-bond donors (Lipinski definition) is 0. The second-order valence-corrected chi connectivity index (χ2v) is 4.76. The molecule has 0 saturated carbocycles. The van der Waals surface area contributed by atoms with Gasteiger partial charge in [-0.05, 0) is 24.3 Å². The molecule has 7 heteroatoms. The molecule has 0 saturated heterocycles. The maximum Gasteiger partial charge on any atom is 0.433 e. The van der Waals surface area contributed by atoms with Crippen LogP contribution in [0.4, 0.5) is 13.2 Å². The van der Waals surface area contributed by atoms with Gasteiger partial charge in [-0.1, -0.05) is 11.3 Å². The van der Waals surface area contributed by atoms with Crippen LogP contribution in [0, 0.1) is 0 Å². The third-order valence-corrected chi connectivity index (χ3v) is 3.47. The van der Waals surface area contributed by atoms with Gasteiger partial charge in [0.2, 0.25) is 0 Å². The predicted molar refractivity (Wildman–Crippen MR) is 65.6 cm³/mol. The first-order valence-corrected chi connectivity index (χ1v) is 6.11. The molecule has 0 unspecified atom stereocenters. The second kappa shape index (κ2) is 4.27. The highest BCUT2D eigenvalue weighted by Crippen LogP contribution is 2.32. The molecule has 0 aromatic carbocycles. The third-order valence-electron chi connectivity index (χ3n) is 2.45. The highest BCUT2D eigenvalue weighted by atomic mass is 32.1. The lowest BCUT2D eigenvalue weighted by atomic mass is 10.3. The fourth-order valence-corrected chi connectivity index (χ4v) is 2.52. The summed E-state index contributed by atoms with van der Waals surface area (Å²) >= 11 is 1.12. The van der Waals surface area contributed by atoms with Gasteiger partial charge in [0.05, 0.1) is 0 Å². The van der Waals surface area contributed by atoms with Crippen molar-refractivity contribution in [3.8, 4) is 10.6 Å². The number of pyridine rings is 2. The van der Waals surface area contributed by atoms with Gasteiger partial charge in [0.1, 0.15) is 21.0 Å². The number of hydrogen-bond acceptors (Lipinski definition) is 4. The summed E-state index contributed by atoms with van der Waals surface area (Å²) in [5.41, 5.74) is 0.317. The Labute approximate surface area is 109 Å². The van der Waals surface area contributed by atoms with Crippen LogP contribution in [0.2, 0.25) is 0 Å². The standard InChI is InChI=1S/C12H6F3N3S/c13-12(14,15)9-4-3-8-11(18-9)19-10(17-8)7-2-1-5-16-6-7/h1-6H. The summed E-state index contributed by atoms with van der Waals surface area (Å²) in [4.78, 5) is 12.1. The number of alkyl halides is 3. The predicted octanol–water partition coefficient (Wildman–Crippen LogP) is 3.77. The molecule has 0 atom stereocenters. The van der Waals surface area contributed by atoms with E-state index in [1.54, 1.807) is 24.5 Å². The van der Waals surface area contributed by atoms with E-state index >= 15 is 0 Å². The zero-order chi connectivity index (χ0) is 13.5. The smallest absolute Gasteiger partial charge is 0.264 e. The Morgan fingerprint density at radius 1 is 1.05 bits per heavy atom. The zero-order valence-corrected chi connectivity index (χ0v) is 10.2. The van der Waals surface area contributed by atoms with Crippen molar-refractivity contribution < 1.29 is 13.2 Å². The van der Waals surface area contributed by atoms with E-state index in [4.69, 9.17) is 0 Å². The maximum absolute atomic E-state index is 12.6. The summed E-state index contributed by atoms with van der Waals surface area (Å²) in [5, 5.41) is 0.606. The monoisotopic (exact) mass is 281 g/mol. The van der Waals surface area contributed by atoms with Crippen molar-refractivity contribution in [2.75, 3.05) is 0 Å². The van der Waals surface area contributed by atoms with Crippen LogP contribution in [0.1, 0.15) is 5.69 Å². The first-order valence-electron chi connectivity index (χ1n) is 5.29. The third kappa shape index (κ3) is 2.28. The van der Waals surface area contributed by atoms with Crippen molar-refractivity contribution in [2.45, 2.75) is 6.18 Å². The summed E-state index contributed by atoms with van der Waals surface area (Å²) in [5.74, 6) is 0. The Morgan fingerprint density at radius 2 is 1.89 bits per heavy atom. The Morgan fingerprint density at radius 3 is 2.58 bits per heavy atom. The van der Waals surface area contributed by atoms with Crippen molar-refractivity contribution in [1.82, 2.24) is 15.0 Å². The Hall–Kier alpha value is -2.02. The summed E-state index contributed by atoms with van der Waals surface area (Å²) in [6.07, 6.45) is -1.20. The average Bonchev–Trinajstić information content (AvgIpc) is 2.81. The van der Waals surface area contributed by atoms with E-state index in [1.807, 2.05) is 0 Å². The molecule has 0 radical (unpaired) electrons. The Kier molecular flexibility index (Phi) is 2.70. The Balaban J connectivity index is 2.12. The van der Waals surface area contributed by atoms with Gasteiger partial charge >= 0.3 is 6.18 Å². The van der Waals surface area contributed by atoms with E-state index in [0.717, 1.165) is 23.0 Å². The summed E-state index contributed by atoms with van der Waals surface area (Å²) < 4.78 is 37.7. The molecule has 3 nitrogen and oxygen atoms in total. The van der Waals surface area contributed by atoms with E-state index in [2.05, 4.69) is 15.0 Å². The average molecular weight is 281 g/mol. The molecule has 19 heavy (non-hydrogen) atoms. The molecule has 96 valence electrons. The van der Waals surface area contributed by atoms with Crippen molar-refractivity contribution >= 4 is 21.7 Å². The normalized spacial score (nSPS) is 11.9. The molecular weight excluding hydrogens is 275 g/mol. The largest absolute Gasteiger partial charge is 0.433 e. The topological polar surface area (TPSA) is 38.7 Å². The van der Waals surface area contributed by atoms with Crippen molar-refractivity contribution in [1.29, 1.82) is 0 Å². The number of aromatic nitrogens is 3. The Bertz CT molecular complexity index is 722. The van der Waals surface area contributed by atoms with Gasteiger partial charge in [-0.25, -0.2) is 9.97 Å². The molecule has 3 rings (SSSR count). The number of thiazole rings is 1.